The number of aromatic nitrogens is 2. The molecule has 3 unspecified atom stereocenters. The number of aliphatic hydroxyl groups excluding tert-OH is 1. The molecule has 2 rings (SSSR count). The highest BCUT2D eigenvalue weighted by Gasteiger charge is 2.36. The summed E-state index contributed by atoms with van der Waals surface area (Å²) in [5, 5.41) is 8.79. The standard InChI is InChI=1S/C14H20N2O6.C5H8/c1-20-8-11-10(21-2)6-12(22-11)16-7-9(4-3-5-17)13(18)15-14(16)19;1-3-5-4-2/h3-4,7,10-12,17H,5-6,8H2,1-2H3,(H,15,18,19);3H2,1-2H3. The first-order chi connectivity index (χ1) is 13.0. The highest BCUT2D eigenvalue weighted by Crippen LogP contribution is 2.29. The van der Waals surface area contributed by atoms with Gasteiger partial charge in [-0.3, -0.25) is 14.3 Å². The summed E-state index contributed by atoms with van der Waals surface area (Å²) in [5.74, 6) is 5.63. The molecule has 0 aromatic carbocycles. The Morgan fingerprint density at radius 2 is 2.19 bits per heavy atom. The molecule has 27 heavy (non-hydrogen) atoms. The van der Waals surface area contributed by atoms with Crippen LogP contribution >= 0.6 is 0 Å². The molecule has 0 radical (unpaired) electrons. The fraction of sp³-hybridized carbons (Fsp3) is 0.579. The van der Waals surface area contributed by atoms with Gasteiger partial charge in [0.2, 0.25) is 0 Å². The van der Waals surface area contributed by atoms with Crippen molar-refractivity contribution >= 4 is 6.08 Å². The summed E-state index contributed by atoms with van der Waals surface area (Å²) in [4.78, 5) is 25.9. The third-order valence-corrected chi connectivity index (χ3v) is 3.88. The second kappa shape index (κ2) is 12.3. The van der Waals surface area contributed by atoms with E-state index in [1.165, 1.54) is 22.9 Å². The number of H-pyrrole nitrogens is 1. The lowest BCUT2D eigenvalue weighted by Gasteiger charge is -2.16. The summed E-state index contributed by atoms with van der Waals surface area (Å²) in [6.07, 6.45) is 4.71. The second-order valence-corrected chi connectivity index (χ2v) is 5.71. The quantitative estimate of drug-likeness (QED) is 0.711. The van der Waals surface area contributed by atoms with Gasteiger partial charge in [-0.1, -0.05) is 13.0 Å². The molecule has 8 nitrogen and oxygen atoms in total. The van der Waals surface area contributed by atoms with Crippen molar-refractivity contribution in [2.75, 3.05) is 27.4 Å². The number of nitrogens with one attached hydrogen (secondary N) is 1. The number of aliphatic hydroxyl groups is 1. The molecule has 2 N–H and O–H groups in total. The summed E-state index contributed by atoms with van der Waals surface area (Å²) in [5.41, 5.74) is -0.800. The summed E-state index contributed by atoms with van der Waals surface area (Å²) in [7, 11) is 3.14. The smallest absolute Gasteiger partial charge is 0.330 e. The van der Waals surface area contributed by atoms with Crippen molar-refractivity contribution in [3.05, 3.63) is 38.7 Å². The molecular weight excluding hydrogens is 352 g/mol. The molecule has 3 atom stereocenters. The van der Waals surface area contributed by atoms with E-state index in [1.54, 1.807) is 14.2 Å². The van der Waals surface area contributed by atoms with Crippen molar-refractivity contribution in [1.82, 2.24) is 9.55 Å². The predicted octanol–water partition coefficient (Wildman–Crippen LogP) is 0.911. The fourth-order valence-electron chi connectivity index (χ4n) is 2.62. The van der Waals surface area contributed by atoms with Crippen molar-refractivity contribution in [3.8, 4) is 11.8 Å². The van der Waals surface area contributed by atoms with Crippen molar-refractivity contribution < 1.29 is 19.3 Å². The molecule has 0 amide bonds. The van der Waals surface area contributed by atoms with Crippen molar-refractivity contribution in [2.45, 2.75) is 45.1 Å². The number of ether oxygens (including phenoxy) is 3. The summed E-state index contributed by atoms with van der Waals surface area (Å²) < 4.78 is 17.5. The molecule has 150 valence electrons. The molecule has 1 saturated heterocycles. The molecule has 1 aliphatic heterocycles. The van der Waals surface area contributed by atoms with Crippen molar-refractivity contribution in [2.24, 2.45) is 0 Å². The number of methoxy groups -OCH3 is 2. The summed E-state index contributed by atoms with van der Waals surface area (Å²) in [6, 6.07) is 0. The first kappa shape index (κ1) is 22.9. The number of hydrogen-bond donors (Lipinski definition) is 2. The van der Waals surface area contributed by atoms with E-state index >= 15 is 0 Å². The van der Waals surface area contributed by atoms with Gasteiger partial charge in [-0.2, -0.15) is 0 Å². The second-order valence-electron chi connectivity index (χ2n) is 5.71. The molecule has 1 aromatic rings. The average molecular weight is 380 g/mol. The van der Waals surface area contributed by atoms with Gasteiger partial charge in [-0.15, -0.1) is 11.8 Å². The van der Waals surface area contributed by atoms with Crippen LogP contribution in [0.2, 0.25) is 0 Å². The Balaban J connectivity index is 0.000000646. The highest BCUT2D eigenvalue weighted by molar-refractivity contribution is 5.46. The molecular formula is C19H28N2O6. The SMILES string of the molecule is CC#CCC.COCC1OC(n2cc(C=CCO)c(=O)[nH]c2=O)CC1OC. The Labute approximate surface area is 158 Å². The molecule has 2 heterocycles. The van der Waals surface area contributed by atoms with Crippen LogP contribution < -0.4 is 11.2 Å². The van der Waals surface area contributed by atoms with Crippen LogP contribution in [-0.2, 0) is 14.2 Å². The van der Waals surface area contributed by atoms with Crippen LogP contribution in [-0.4, -0.2) is 54.3 Å². The van der Waals surface area contributed by atoms with E-state index in [0.717, 1.165) is 6.42 Å². The van der Waals surface area contributed by atoms with Crippen LogP contribution in [0.5, 0.6) is 0 Å². The molecule has 1 fully saturated rings. The Kier molecular flexibility index (Phi) is 10.4. The first-order valence-electron chi connectivity index (χ1n) is 8.71. The van der Waals surface area contributed by atoms with E-state index in [0.29, 0.717) is 13.0 Å². The van der Waals surface area contributed by atoms with E-state index in [2.05, 4.69) is 16.8 Å². The van der Waals surface area contributed by atoms with Gasteiger partial charge < -0.3 is 19.3 Å². The van der Waals surface area contributed by atoms with Gasteiger partial charge >= 0.3 is 5.69 Å². The molecule has 0 saturated carbocycles. The lowest BCUT2D eigenvalue weighted by molar-refractivity contribution is -0.0618. The number of nitrogens with zero attached hydrogens (tertiary/aromatic N) is 1. The number of rotatable bonds is 6. The van der Waals surface area contributed by atoms with E-state index < -0.39 is 17.5 Å². The molecule has 0 bridgehead atoms. The Morgan fingerprint density at radius 1 is 1.44 bits per heavy atom. The van der Waals surface area contributed by atoms with Gasteiger partial charge in [0.1, 0.15) is 12.3 Å². The van der Waals surface area contributed by atoms with Crippen LogP contribution in [0.3, 0.4) is 0 Å². The summed E-state index contributed by atoms with van der Waals surface area (Å²) >= 11 is 0. The van der Waals surface area contributed by atoms with Gasteiger partial charge in [0, 0.05) is 33.3 Å². The third kappa shape index (κ3) is 6.81. The van der Waals surface area contributed by atoms with Gasteiger partial charge in [-0.05, 0) is 13.0 Å². The van der Waals surface area contributed by atoms with E-state index in [9.17, 15) is 9.59 Å². The molecule has 0 spiro atoms. The monoisotopic (exact) mass is 380 g/mol. The zero-order chi connectivity index (χ0) is 20.2. The maximum atomic E-state index is 12.0. The van der Waals surface area contributed by atoms with Crippen LogP contribution in [0.15, 0.2) is 21.9 Å². The van der Waals surface area contributed by atoms with Crippen molar-refractivity contribution in [3.63, 3.8) is 0 Å². The number of hydrogen-bond acceptors (Lipinski definition) is 6. The Hall–Kier alpha value is -2.18. The minimum atomic E-state index is -0.552. The minimum absolute atomic E-state index is 0.194. The molecule has 8 heteroatoms. The zero-order valence-corrected chi connectivity index (χ0v) is 16.2. The van der Waals surface area contributed by atoms with Crippen LogP contribution in [0, 0.1) is 11.8 Å². The van der Waals surface area contributed by atoms with Gasteiger partial charge in [0.25, 0.3) is 5.56 Å². The van der Waals surface area contributed by atoms with E-state index in [-0.39, 0.29) is 24.4 Å². The number of aromatic amines is 1. The fourth-order valence-corrected chi connectivity index (χ4v) is 2.62. The van der Waals surface area contributed by atoms with Crippen molar-refractivity contribution in [1.29, 1.82) is 0 Å². The molecule has 0 aliphatic carbocycles. The van der Waals surface area contributed by atoms with Gasteiger partial charge in [0.15, 0.2) is 0 Å². The van der Waals surface area contributed by atoms with Gasteiger partial charge in [0.05, 0.1) is 24.9 Å². The zero-order valence-electron chi connectivity index (χ0n) is 16.2. The Morgan fingerprint density at radius 3 is 2.70 bits per heavy atom. The largest absolute Gasteiger partial charge is 0.392 e. The van der Waals surface area contributed by atoms with E-state index in [4.69, 9.17) is 19.3 Å². The minimum Gasteiger partial charge on any atom is -0.392 e. The highest BCUT2D eigenvalue weighted by atomic mass is 16.6. The predicted molar refractivity (Wildman–Crippen MR) is 102 cm³/mol. The maximum absolute atomic E-state index is 12.0. The van der Waals surface area contributed by atoms with Gasteiger partial charge in [-0.25, -0.2) is 4.79 Å². The molecule has 1 aliphatic rings. The summed E-state index contributed by atoms with van der Waals surface area (Å²) in [6.45, 7) is 4.05. The van der Waals surface area contributed by atoms with Crippen LogP contribution in [0.25, 0.3) is 6.08 Å². The lowest BCUT2D eigenvalue weighted by atomic mass is 10.2. The first-order valence-corrected chi connectivity index (χ1v) is 8.71. The Bertz CT molecular complexity index is 771. The lowest BCUT2D eigenvalue weighted by Crippen LogP contribution is -2.33. The normalized spacial score (nSPS) is 21.4. The average Bonchev–Trinajstić information content (AvgIpc) is 3.05. The maximum Gasteiger partial charge on any atom is 0.330 e. The third-order valence-electron chi connectivity index (χ3n) is 3.88. The van der Waals surface area contributed by atoms with Crippen LogP contribution in [0.4, 0.5) is 0 Å². The van der Waals surface area contributed by atoms with Crippen LogP contribution in [0.1, 0.15) is 38.5 Å². The topological polar surface area (TPSA) is 103 Å². The molecule has 1 aromatic heterocycles. The van der Waals surface area contributed by atoms with E-state index in [1.807, 2.05) is 13.8 Å².